The summed E-state index contributed by atoms with van der Waals surface area (Å²) in [5.41, 5.74) is 5.70. The van der Waals surface area contributed by atoms with Crippen molar-refractivity contribution in [3.63, 3.8) is 0 Å². The van der Waals surface area contributed by atoms with Crippen LogP contribution in [0.25, 0.3) is 6.08 Å². The number of aromatic nitrogens is 2. The van der Waals surface area contributed by atoms with Gasteiger partial charge in [-0.1, -0.05) is 25.3 Å². The number of nitrogens with two attached hydrogens (primary N) is 1. The summed E-state index contributed by atoms with van der Waals surface area (Å²) >= 11 is 5.97. The molecule has 0 saturated heterocycles. The standard InChI is InChI=1S/C19H27ClN4O3/c1-3-26-16(27-4-2)13-10-12-11-22-18(20)24-15(12)23-14(13)19(17(21)25)8-6-5-7-9-19/h10-11,13-14,16H,3-9H2,1-2H3,(H2,21,25). The van der Waals surface area contributed by atoms with Crippen molar-refractivity contribution in [3.8, 4) is 0 Å². The number of amides is 1. The van der Waals surface area contributed by atoms with Crippen LogP contribution in [-0.4, -0.2) is 41.4 Å². The van der Waals surface area contributed by atoms with Gasteiger partial charge in [0.15, 0.2) is 11.8 Å². The molecule has 148 valence electrons. The molecule has 27 heavy (non-hydrogen) atoms. The number of ether oxygens (including phenoxy) is 2. The molecule has 2 unspecified atom stereocenters. The molecular weight excluding hydrogens is 368 g/mol. The predicted molar refractivity (Wildman–Crippen MR) is 101 cm³/mol. The Bertz CT molecular complexity index is 789. The molecule has 1 aliphatic carbocycles. The summed E-state index contributed by atoms with van der Waals surface area (Å²) in [6, 6.07) is -0.406. The number of hydrogen-bond donors (Lipinski definition) is 1. The van der Waals surface area contributed by atoms with E-state index in [1.807, 2.05) is 19.9 Å². The molecule has 0 radical (unpaired) electrons. The fourth-order valence-electron chi connectivity index (χ4n) is 4.29. The Morgan fingerprint density at radius 2 is 1.96 bits per heavy atom. The number of primary amides is 1. The lowest BCUT2D eigenvalue weighted by Crippen LogP contribution is -2.56. The number of carbonyl (C=O) groups excluding carboxylic acids is 1. The first-order chi connectivity index (χ1) is 13.0. The number of fused-ring (bicyclic) bond motifs is 1. The topological polar surface area (TPSA) is 99.7 Å². The minimum absolute atomic E-state index is 0.131. The first kappa shape index (κ1) is 20.2. The number of rotatable bonds is 7. The van der Waals surface area contributed by atoms with Gasteiger partial charge >= 0.3 is 0 Å². The first-order valence-electron chi connectivity index (χ1n) is 9.63. The van der Waals surface area contributed by atoms with Crippen LogP contribution in [0.4, 0.5) is 0 Å². The fraction of sp³-hybridized carbons (Fsp3) is 0.684. The van der Waals surface area contributed by atoms with Gasteiger partial charge in [-0.15, -0.1) is 0 Å². The van der Waals surface area contributed by atoms with E-state index >= 15 is 0 Å². The van der Waals surface area contributed by atoms with Gasteiger partial charge in [-0.25, -0.2) is 4.98 Å². The van der Waals surface area contributed by atoms with Gasteiger partial charge in [-0.05, 0) is 38.3 Å². The second-order valence-corrected chi connectivity index (χ2v) is 7.43. The lowest BCUT2D eigenvalue weighted by Gasteiger charge is -2.44. The van der Waals surface area contributed by atoms with Crippen LogP contribution < -0.4 is 16.4 Å². The molecule has 0 aromatic carbocycles. The van der Waals surface area contributed by atoms with E-state index in [1.54, 1.807) is 6.20 Å². The van der Waals surface area contributed by atoms with Crippen LogP contribution in [-0.2, 0) is 14.3 Å². The summed E-state index contributed by atoms with van der Waals surface area (Å²) in [6.07, 6.45) is 7.54. The van der Waals surface area contributed by atoms with Crippen molar-refractivity contribution in [2.75, 3.05) is 13.2 Å². The summed E-state index contributed by atoms with van der Waals surface area (Å²) in [5, 5.41) is 0.895. The van der Waals surface area contributed by atoms with Gasteiger partial charge in [-0.2, -0.15) is 4.98 Å². The van der Waals surface area contributed by atoms with Crippen molar-refractivity contribution in [2.24, 2.45) is 22.1 Å². The third-order valence-corrected chi connectivity index (χ3v) is 5.73. The zero-order valence-corrected chi connectivity index (χ0v) is 16.6. The molecule has 2 N–H and O–H groups in total. The molecule has 0 bridgehead atoms. The lowest BCUT2D eigenvalue weighted by molar-refractivity contribution is -0.167. The molecule has 1 aromatic rings. The van der Waals surface area contributed by atoms with Gasteiger partial charge in [0.2, 0.25) is 11.2 Å². The van der Waals surface area contributed by atoms with E-state index in [-0.39, 0.29) is 17.1 Å². The Labute approximate surface area is 164 Å². The highest BCUT2D eigenvalue weighted by Gasteiger charge is 2.50. The van der Waals surface area contributed by atoms with E-state index < -0.39 is 17.7 Å². The van der Waals surface area contributed by atoms with Crippen LogP contribution in [0.5, 0.6) is 0 Å². The summed E-state index contributed by atoms with van der Waals surface area (Å²) in [7, 11) is 0. The van der Waals surface area contributed by atoms with Crippen LogP contribution >= 0.6 is 11.6 Å². The Balaban J connectivity index is 2.14. The number of hydrogen-bond acceptors (Lipinski definition) is 6. The van der Waals surface area contributed by atoms with Crippen molar-refractivity contribution in [2.45, 2.75) is 58.3 Å². The number of carbonyl (C=O) groups is 1. The number of nitrogens with zero attached hydrogens (tertiary/aromatic N) is 3. The molecule has 2 heterocycles. The Kier molecular flexibility index (Phi) is 6.44. The van der Waals surface area contributed by atoms with Crippen molar-refractivity contribution in [1.82, 2.24) is 9.97 Å². The zero-order chi connectivity index (χ0) is 19.4. The van der Waals surface area contributed by atoms with Crippen LogP contribution in [0.15, 0.2) is 11.2 Å². The predicted octanol–water partition coefficient (Wildman–Crippen LogP) is 1.36. The fourth-order valence-corrected chi connectivity index (χ4v) is 4.42. The molecule has 1 aliphatic heterocycles. The molecular formula is C19H27ClN4O3. The van der Waals surface area contributed by atoms with E-state index in [2.05, 4.69) is 9.97 Å². The maximum absolute atomic E-state index is 12.6. The average molecular weight is 395 g/mol. The maximum atomic E-state index is 12.6. The van der Waals surface area contributed by atoms with Gasteiger partial charge in [0, 0.05) is 24.6 Å². The SMILES string of the molecule is CCOC(OCC)C1C=c2cnc(Cl)nc2=NC1C1(C(N)=O)CCCCC1. The maximum Gasteiger partial charge on any atom is 0.225 e. The van der Waals surface area contributed by atoms with Gasteiger partial charge < -0.3 is 15.2 Å². The molecule has 1 saturated carbocycles. The second kappa shape index (κ2) is 8.63. The Morgan fingerprint density at radius 1 is 1.30 bits per heavy atom. The molecule has 7 nitrogen and oxygen atoms in total. The van der Waals surface area contributed by atoms with Crippen molar-refractivity contribution in [3.05, 3.63) is 22.2 Å². The Morgan fingerprint density at radius 3 is 2.56 bits per heavy atom. The third-order valence-electron chi connectivity index (χ3n) is 5.54. The van der Waals surface area contributed by atoms with Crippen LogP contribution in [0.3, 0.4) is 0 Å². The molecule has 1 aromatic heterocycles. The lowest BCUT2D eigenvalue weighted by atomic mass is 9.64. The normalized spacial score (nSPS) is 24.0. The van der Waals surface area contributed by atoms with Crippen molar-refractivity contribution < 1.29 is 14.3 Å². The Hall–Kier alpha value is -1.57. The largest absolute Gasteiger partial charge is 0.369 e. The molecule has 1 amide bonds. The quantitative estimate of drug-likeness (QED) is 0.556. The zero-order valence-electron chi connectivity index (χ0n) is 15.9. The number of halogens is 1. The van der Waals surface area contributed by atoms with E-state index in [0.29, 0.717) is 31.5 Å². The third kappa shape index (κ3) is 4.00. The molecule has 2 atom stereocenters. The van der Waals surface area contributed by atoms with Crippen LogP contribution in [0, 0.1) is 11.3 Å². The van der Waals surface area contributed by atoms with Gasteiger partial charge in [0.1, 0.15) is 0 Å². The molecule has 2 aliphatic rings. The molecule has 8 heteroatoms. The van der Waals surface area contributed by atoms with E-state index in [1.165, 1.54) is 0 Å². The monoisotopic (exact) mass is 394 g/mol. The first-order valence-corrected chi connectivity index (χ1v) is 10.0. The second-order valence-electron chi connectivity index (χ2n) is 7.10. The van der Waals surface area contributed by atoms with Crippen molar-refractivity contribution in [1.29, 1.82) is 0 Å². The van der Waals surface area contributed by atoms with E-state index in [4.69, 9.17) is 31.8 Å². The summed E-state index contributed by atoms with van der Waals surface area (Å²) in [5.74, 6) is -0.572. The molecule has 0 spiro atoms. The molecule has 3 rings (SSSR count). The average Bonchev–Trinajstić information content (AvgIpc) is 2.67. The minimum atomic E-state index is -0.735. The van der Waals surface area contributed by atoms with Gasteiger partial charge in [0.05, 0.1) is 17.4 Å². The highest BCUT2D eigenvalue weighted by atomic mass is 35.5. The minimum Gasteiger partial charge on any atom is -0.369 e. The summed E-state index contributed by atoms with van der Waals surface area (Å²) < 4.78 is 11.7. The van der Waals surface area contributed by atoms with E-state index in [9.17, 15) is 4.79 Å². The summed E-state index contributed by atoms with van der Waals surface area (Å²) in [4.78, 5) is 25.8. The van der Waals surface area contributed by atoms with Crippen LogP contribution in [0.1, 0.15) is 46.0 Å². The summed E-state index contributed by atoms with van der Waals surface area (Å²) in [6.45, 7) is 4.83. The molecule has 1 fully saturated rings. The smallest absolute Gasteiger partial charge is 0.225 e. The highest BCUT2D eigenvalue weighted by molar-refractivity contribution is 6.28. The van der Waals surface area contributed by atoms with Gasteiger partial charge in [0.25, 0.3) is 0 Å². The van der Waals surface area contributed by atoms with Crippen molar-refractivity contribution >= 4 is 23.6 Å². The van der Waals surface area contributed by atoms with Gasteiger partial charge in [-0.3, -0.25) is 9.79 Å². The van der Waals surface area contributed by atoms with E-state index in [0.717, 1.165) is 24.5 Å². The van der Waals surface area contributed by atoms with Crippen LogP contribution in [0.2, 0.25) is 5.28 Å². The highest BCUT2D eigenvalue weighted by Crippen LogP contribution is 2.45.